The Hall–Kier alpha value is -1.06. The summed E-state index contributed by atoms with van der Waals surface area (Å²) in [6.07, 6.45) is 6.94. The van der Waals surface area contributed by atoms with Crippen LogP contribution in [0, 0.1) is 17.3 Å². The molecule has 1 aromatic rings. The molecule has 3 aliphatic carbocycles. The highest BCUT2D eigenvalue weighted by Crippen LogP contribution is 2.62. The van der Waals surface area contributed by atoms with E-state index in [0.717, 1.165) is 36.7 Å². The molecule has 0 radical (unpaired) electrons. The molecule has 3 nitrogen and oxygen atoms in total. The van der Waals surface area contributed by atoms with E-state index in [2.05, 4.69) is 25.1 Å². The third-order valence-corrected chi connectivity index (χ3v) is 7.56. The van der Waals surface area contributed by atoms with E-state index in [1.807, 2.05) is 0 Å². The van der Waals surface area contributed by atoms with E-state index >= 15 is 0 Å². The van der Waals surface area contributed by atoms with Crippen molar-refractivity contribution in [2.45, 2.75) is 57.2 Å². The summed E-state index contributed by atoms with van der Waals surface area (Å²) < 4.78 is 17.7. The Morgan fingerprint density at radius 2 is 2.04 bits per heavy atom. The molecule has 5 rings (SSSR count). The summed E-state index contributed by atoms with van der Waals surface area (Å²) in [7, 11) is 1.76. The molecule has 0 N–H and O–H groups in total. The maximum atomic E-state index is 6.21. The predicted octanol–water partition coefficient (Wildman–Crippen LogP) is 3.95. The lowest BCUT2D eigenvalue weighted by molar-refractivity contribution is -0.162. The molecule has 3 fully saturated rings. The van der Waals surface area contributed by atoms with Crippen LogP contribution in [0.25, 0.3) is 0 Å². The van der Waals surface area contributed by atoms with Crippen LogP contribution in [-0.2, 0) is 15.9 Å². The SMILES string of the molecule is COc1ccc2c(c1)CC[C@@H]1[C@@H]2CC[C@]2(C)C3OCCOC3C[C@@H]12. The van der Waals surface area contributed by atoms with Gasteiger partial charge in [0.2, 0.25) is 0 Å². The lowest BCUT2D eigenvalue weighted by Crippen LogP contribution is -2.47. The number of aryl methyl sites for hydroxylation is 1. The molecule has 0 aromatic heterocycles. The van der Waals surface area contributed by atoms with Gasteiger partial charge in [-0.15, -0.1) is 0 Å². The van der Waals surface area contributed by atoms with Gasteiger partial charge in [0.1, 0.15) is 5.75 Å². The van der Waals surface area contributed by atoms with Crippen LogP contribution >= 0.6 is 0 Å². The van der Waals surface area contributed by atoms with Crippen molar-refractivity contribution in [3.63, 3.8) is 0 Å². The maximum Gasteiger partial charge on any atom is 0.119 e. The lowest BCUT2D eigenvalue weighted by atomic mass is 9.55. The van der Waals surface area contributed by atoms with Crippen molar-refractivity contribution in [2.24, 2.45) is 17.3 Å². The minimum atomic E-state index is 0.316. The van der Waals surface area contributed by atoms with Crippen molar-refractivity contribution >= 4 is 0 Å². The fourth-order valence-corrected chi connectivity index (χ4v) is 6.46. The summed E-state index contributed by atoms with van der Waals surface area (Å²) in [6, 6.07) is 6.75. The zero-order valence-corrected chi connectivity index (χ0v) is 14.8. The van der Waals surface area contributed by atoms with E-state index in [1.165, 1.54) is 37.7 Å². The topological polar surface area (TPSA) is 27.7 Å². The van der Waals surface area contributed by atoms with Crippen molar-refractivity contribution in [3.8, 4) is 5.75 Å². The molecule has 1 saturated heterocycles. The molecular formula is C21H28O3. The van der Waals surface area contributed by atoms with Gasteiger partial charge in [-0.25, -0.2) is 0 Å². The van der Waals surface area contributed by atoms with E-state index in [0.29, 0.717) is 17.6 Å². The number of methoxy groups -OCH3 is 1. The van der Waals surface area contributed by atoms with Gasteiger partial charge in [-0.1, -0.05) is 13.0 Å². The zero-order chi connectivity index (χ0) is 16.3. The molecule has 24 heavy (non-hydrogen) atoms. The van der Waals surface area contributed by atoms with Crippen LogP contribution in [0.1, 0.15) is 49.7 Å². The third-order valence-electron chi connectivity index (χ3n) is 7.56. The fraction of sp³-hybridized carbons (Fsp3) is 0.714. The van der Waals surface area contributed by atoms with Crippen LogP contribution in [0.3, 0.4) is 0 Å². The Morgan fingerprint density at radius 1 is 1.17 bits per heavy atom. The van der Waals surface area contributed by atoms with Gasteiger partial charge in [0.15, 0.2) is 0 Å². The minimum absolute atomic E-state index is 0.316. The summed E-state index contributed by atoms with van der Waals surface area (Å²) in [5.41, 5.74) is 3.42. The first-order chi connectivity index (χ1) is 11.7. The van der Waals surface area contributed by atoms with E-state index in [-0.39, 0.29) is 0 Å². The molecule has 6 atom stereocenters. The van der Waals surface area contributed by atoms with E-state index in [4.69, 9.17) is 14.2 Å². The van der Waals surface area contributed by atoms with Gasteiger partial charge in [-0.2, -0.15) is 0 Å². The number of benzene rings is 1. The van der Waals surface area contributed by atoms with Crippen molar-refractivity contribution in [1.82, 2.24) is 0 Å². The third kappa shape index (κ3) is 2.04. The molecule has 0 amide bonds. The smallest absolute Gasteiger partial charge is 0.119 e. The van der Waals surface area contributed by atoms with E-state index < -0.39 is 0 Å². The first kappa shape index (κ1) is 15.2. The fourth-order valence-electron chi connectivity index (χ4n) is 6.46. The molecule has 0 bridgehead atoms. The van der Waals surface area contributed by atoms with Gasteiger partial charge >= 0.3 is 0 Å². The predicted molar refractivity (Wildman–Crippen MR) is 92.5 cm³/mol. The first-order valence-corrected chi connectivity index (χ1v) is 9.61. The summed E-state index contributed by atoms with van der Waals surface area (Å²) in [4.78, 5) is 0. The average molecular weight is 328 g/mol. The normalized spacial score (nSPS) is 43.3. The van der Waals surface area contributed by atoms with Crippen LogP contribution in [0.15, 0.2) is 18.2 Å². The maximum absolute atomic E-state index is 6.21. The number of ether oxygens (including phenoxy) is 3. The zero-order valence-electron chi connectivity index (χ0n) is 14.8. The Morgan fingerprint density at radius 3 is 2.92 bits per heavy atom. The van der Waals surface area contributed by atoms with E-state index in [1.54, 1.807) is 12.7 Å². The average Bonchev–Trinajstić information content (AvgIpc) is 2.94. The molecule has 0 spiro atoms. The molecule has 130 valence electrons. The molecule has 3 heteroatoms. The second kappa shape index (κ2) is 5.47. The highest BCUT2D eigenvalue weighted by atomic mass is 16.6. The largest absolute Gasteiger partial charge is 0.497 e. The Bertz CT molecular complexity index is 642. The Labute approximate surface area is 144 Å². The van der Waals surface area contributed by atoms with Crippen LogP contribution in [0.2, 0.25) is 0 Å². The number of fused-ring (bicyclic) bond motifs is 7. The summed E-state index contributed by atoms with van der Waals surface area (Å²) in [5.74, 6) is 3.27. The second-order valence-corrected chi connectivity index (χ2v) is 8.46. The van der Waals surface area contributed by atoms with Crippen LogP contribution in [0.5, 0.6) is 5.75 Å². The molecule has 1 heterocycles. The minimum Gasteiger partial charge on any atom is -0.497 e. The standard InChI is InChI=1S/C21H28O3/c1-21-8-7-16-15-6-4-14(22-2)11-13(15)3-5-17(16)18(21)12-19-20(21)24-10-9-23-19/h4,6,11,16-20H,3,5,7-10,12H2,1-2H3/t16-,17-,18+,19?,20?,21+/m1/s1. The van der Waals surface area contributed by atoms with Crippen LogP contribution in [-0.4, -0.2) is 32.5 Å². The number of hydrogen-bond acceptors (Lipinski definition) is 3. The molecule has 1 aromatic carbocycles. The van der Waals surface area contributed by atoms with Gasteiger partial charge in [0, 0.05) is 0 Å². The number of rotatable bonds is 1. The Kier molecular flexibility index (Phi) is 3.47. The van der Waals surface area contributed by atoms with Crippen molar-refractivity contribution < 1.29 is 14.2 Å². The van der Waals surface area contributed by atoms with Crippen molar-refractivity contribution in [3.05, 3.63) is 29.3 Å². The second-order valence-electron chi connectivity index (χ2n) is 8.46. The van der Waals surface area contributed by atoms with E-state index in [9.17, 15) is 0 Å². The van der Waals surface area contributed by atoms with Crippen LogP contribution in [0.4, 0.5) is 0 Å². The first-order valence-electron chi connectivity index (χ1n) is 9.61. The Balaban J connectivity index is 1.48. The molecule has 4 aliphatic rings. The highest BCUT2D eigenvalue weighted by molar-refractivity contribution is 5.40. The van der Waals surface area contributed by atoms with Gasteiger partial charge in [-0.3, -0.25) is 0 Å². The quantitative estimate of drug-likeness (QED) is 0.781. The van der Waals surface area contributed by atoms with Gasteiger partial charge in [0.05, 0.1) is 32.5 Å². The van der Waals surface area contributed by atoms with Gasteiger partial charge in [-0.05, 0) is 78.5 Å². The van der Waals surface area contributed by atoms with Gasteiger partial charge in [0.25, 0.3) is 0 Å². The molecule has 2 saturated carbocycles. The lowest BCUT2D eigenvalue weighted by Gasteiger charge is -2.50. The summed E-state index contributed by atoms with van der Waals surface area (Å²) in [6.45, 7) is 4.04. The summed E-state index contributed by atoms with van der Waals surface area (Å²) in [5, 5.41) is 0. The summed E-state index contributed by atoms with van der Waals surface area (Å²) >= 11 is 0. The molecule has 2 unspecified atom stereocenters. The number of hydrogen-bond donors (Lipinski definition) is 0. The van der Waals surface area contributed by atoms with Gasteiger partial charge < -0.3 is 14.2 Å². The molecular weight excluding hydrogens is 300 g/mol. The monoisotopic (exact) mass is 328 g/mol. The molecule has 1 aliphatic heterocycles. The van der Waals surface area contributed by atoms with Crippen LogP contribution < -0.4 is 4.74 Å². The highest BCUT2D eigenvalue weighted by Gasteiger charge is 2.60. The van der Waals surface area contributed by atoms with Crippen molar-refractivity contribution in [1.29, 1.82) is 0 Å². The van der Waals surface area contributed by atoms with Crippen molar-refractivity contribution in [2.75, 3.05) is 20.3 Å².